The molecule has 0 bridgehead atoms. The molecular weight excluding hydrogens is 360 g/mol. The Balaban J connectivity index is 1.73. The van der Waals surface area contributed by atoms with Crippen LogP contribution in [0.1, 0.15) is 0 Å². The number of aromatic nitrogens is 2. The van der Waals surface area contributed by atoms with Crippen LogP contribution in [0.4, 0.5) is 0 Å². The molecule has 0 saturated carbocycles. The van der Waals surface area contributed by atoms with Crippen molar-refractivity contribution in [1.82, 2.24) is 14.9 Å². The quantitative estimate of drug-likeness (QED) is 0.698. The van der Waals surface area contributed by atoms with Gasteiger partial charge in [0, 0.05) is 33.5 Å². The molecular formula is C16H14N4O3S2. The second-order valence-corrected chi connectivity index (χ2v) is 7.79. The van der Waals surface area contributed by atoms with E-state index in [9.17, 15) is 14.7 Å². The fraction of sp³-hybridized carbons (Fsp3) is 0.188. The molecule has 2 aliphatic heterocycles. The minimum Gasteiger partial charge on any atom is -0.477 e. The maximum atomic E-state index is 12.0. The van der Waals surface area contributed by atoms with Crippen molar-refractivity contribution in [3.05, 3.63) is 47.3 Å². The number of aromatic amines is 1. The summed E-state index contributed by atoms with van der Waals surface area (Å²) in [5, 5.41) is 9.34. The van der Waals surface area contributed by atoms with Gasteiger partial charge >= 0.3 is 5.97 Å². The molecule has 128 valence electrons. The normalized spacial score (nSPS) is 22.6. The van der Waals surface area contributed by atoms with E-state index in [1.165, 1.54) is 28.4 Å². The third-order valence-corrected chi connectivity index (χ3v) is 6.69. The van der Waals surface area contributed by atoms with Crippen molar-refractivity contribution in [2.24, 2.45) is 5.73 Å². The summed E-state index contributed by atoms with van der Waals surface area (Å²) in [7, 11) is 0. The number of amides is 1. The summed E-state index contributed by atoms with van der Waals surface area (Å²) < 4.78 is 0. The molecule has 0 radical (unpaired) electrons. The Kier molecular flexibility index (Phi) is 4.06. The molecule has 0 aliphatic carbocycles. The lowest BCUT2D eigenvalue weighted by molar-refractivity contribution is -0.147. The van der Waals surface area contributed by atoms with Crippen molar-refractivity contribution in [1.29, 1.82) is 0 Å². The van der Waals surface area contributed by atoms with Crippen molar-refractivity contribution >= 4 is 35.4 Å². The molecule has 1 saturated heterocycles. The molecule has 1 aromatic carbocycles. The summed E-state index contributed by atoms with van der Waals surface area (Å²) in [5.74, 6) is -0.236. The van der Waals surface area contributed by atoms with Crippen LogP contribution in [0, 0.1) is 0 Å². The number of nitrogens with two attached hydrogens (primary N) is 1. The molecule has 4 rings (SSSR count). The largest absolute Gasteiger partial charge is 0.477 e. The summed E-state index contributed by atoms with van der Waals surface area (Å²) in [4.78, 5) is 33.9. The molecule has 1 amide bonds. The minimum atomic E-state index is -1.11. The van der Waals surface area contributed by atoms with E-state index >= 15 is 0 Å². The molecule has 2 aliphatic rings. The molecule has 3 heterocycles. The molecule has 1 fully saturated rings. The highest BCUT2D eigenvalue weighted by atomic mass is 32.2. The number of carboxylic acid groups (broad SMARTS) is 1. The van der Waals surface area contributed by atoms with Crippen LogP contribution in [0.5, 0.6) is 0 Å². The van der Waals surface area contributed by atoms with Gasteiger partial charge in [0.25, 0.3) is 0 Å². The van der Waals surface area contributed by atoms with Crippen LogP contribution >= 0.6 is 23.5 Å². The van der Waals surface area contributed by atoms with Gasteiger partial charge in [-0.25, -0.2) is 9.78 Å². The molecule has 2 aromatic rings. The SMILES string of the molecule is N[C@@H]1C(=O)N2C(C(=O)O)=C(Sc3ccccc3-c3ncc[nH]3)CS[C@@H]12. The maximum absolute atomic E-state index is 12.0. The zero-order chi connectivity index (χ0) is 17.6. The summed E-state index contributed by atoms with van der Waals surface area (Å²) in [5.41, 5.74) is 6.70. The van der Waals surface area contributed by atoms with E-state index in [-0.39, 0.29) is 17.0 Å². The van der Waals surface area contributed by atoms with Gasteiger partial charge in [0.15, 0.2) is 0 Å². The van der Waals surface area contributed by atoms with Gasteiger partial charge < -0.3 is 15.8 Å². The van der Waals surface area contributed by atoms with Crippen LogP contribution in [0.25, 0.3) is 11.4 Å². The van der Waals surface area contributed by atoms with Gasteiger partial charge in [-0.15, -0.1) is 11.8 Å². The first-order valence-electron chi connectivity index (χ1n) is 7.51. The van der Waals surface area contributed by atoms with Crippen LogP contribution in [-0.2, 0) is 9.59 Å². The minimum absolute atomic E-state index is 0.0368. The standard InChI is InChI=1S/C16H14N4O3S2/c17-11-14(21)20-12(16(22)23)10(7-24-15(11)20)25-9-4-2-1-3-8(9)13-18-5-6-19-13/h1-6,11,15H,7,17H2,(H,18,19)(H,22,23)/t11-,15+/m1/s1. The van der Waals surface area contributed by atoms with Crippen LogP contribution in [0.3, 0.4) is 0 Å². The first-order valence-corrected chi connectivity index (χ1v) is 9.38. The lowest BCUT2D eigenvalue weighted by atomic mass is 10.1. The number of imidazole rings is 1. The monoisotopic (exact) mass is 374 g/mol. The first kappa shape index (κ1) is 16.2. The highest BCUT2D eigenvalue weighted by Gasteiger charge is 2.51. The fourth-order valence-electron chi connectivity index (χ4n) is 2.86. The molecule has 0 spiro atoms. The van der Waals surface area contributed by atoms with Crippen molar-refractivity contribution in [3.8, 4) is 11.4 Å². The Morgan fingerprint density at radius 2 is 2.24 bits per heavy atom. The topological polar surface area (TPSA) is 112 Å². The van der Waals surface area contributed by atoms with Crippen LogP contribution < -0.4 is 5.73 Å². The molecule has 25 heavy (non-hydrogen) atoms. The van der Waals surface area contributed by atoms with Crippen molar-refractivity contribution in [2.75, 3.05) is 5.75 Å². The number of nitrogens with zero attached hydrogens (tertiary/aromatic N) is 2. The summed E-state index contributed by atoms with van der Waals surface area (Å²) >= 11 is 2.84. The predicted octanol–water partition coefficient (Wildman–Crippen LogP) is 1.71. The number of aliphatic carboxylic acids is 1. The Labute approximate surface area is 151 Å². The number of carbonyl (C=O) groups excluding carboxylic acids is 1. The third-order valence-electron chi connectivity index (χ3n) is 4.05. The summed E-state index contributed by atoms with van der Waals surface area (Å²) in [6.45, 7) is 0. The van der Waals surface area contributed by atoms with Crippen molar-refractivity contribution in [2.45, 2.75) is 16.3 Å². The molecule has 9 heteroatoms. The van der Waals surface area contributed by atoms with Crippen molar-refractivity contribution < 1.29 is 14.7 Å². The highest BCUT2D eigenvalue weighted by molar-refractivity contribution is 8.06. The number of H-pyrrole nitrogens is 1. The van der Waals surface area contributed by atoms with Crippen LogP contribution in [0.2, 0.25) is 0 Å². The number of hydrogen-bond donors (Lipinski definition) is 3. The van der Waals surface area contributed by atoms with E-state index in [1.54, 1.807) is 12.4 Å². The van der Waals surface area contributed by atoms with E-state index in [1.807, 2.05) is 24.3 Å². The summed E-state index contributed by atoms with van der Waals surface area (Å²) in [6.07, 6.45) is 3.40. The number of nitrogens with one attached hydrogen (secondary N) is 1. The van der Waals surface area contributed by atoms with E-state index in [0.29, 0.717) is 16.5 Å². The average Bonchev–Trinajstić information content (AvgIpc) is 3.15. The van der Waals surface area contributed by atoms with E-state index in [0.717, 1.165) is 10.5 Å². The fourth-order valence-corrected chi connectivity index (χ4v) is 5.41. The lowest BCUT2D eigenvalue weighted by Crippen LogP contribution is -2.68. The number of rotatable bonds is 4. The van der Waals surface area contributed by atoms with Gasteiger partial charge in [0.05, 0.1) is 0 Å². The van der Waals surface area contributed by atoms with Crippen LogP contribution in [-0.4, -0.2) is 49.0 Å². The maximum Gasteiger partial charge on any atom is 0.353 e. The smallest absolute Gasteiger partial charge is 0.353 e. The second kappa shape index (κ2) is 6.25. The van der Waals surface area contributed by atoms with Gasteiger partial charge in [0.1, 0.15) is 22.9 Å². The van der Waals surface area contributed by atoms with E-state index < -0.39 is 12.0 Å². The Hall–Kier alpha value is -2.23. The number of benzene rings is 1. The van der Waals surface area contributed by atoms with Gasteiger partial charge in [-0.2, -0.15) is 0 Å². The highest BCUT2D eigenvalue weighted by Crippen LogP contribution is 2.45. The van der Waals surface area contributed by atoms with Crippen LogP contribution in [0.15, 0.2) is 52.2 Å². The average molecular weight is 374 g/mol. The summed E-state index contributed by atoms with van der Waals surface area (Å²) in [6, 6.07) is 7.00. The number of hydrogen-bond acceptors (Lipinski definition) is 6. The Bertz CT molecular complexity index is 881. The lowest BCUT2D eigenvalue weighted by Gasteiger charge is -2.47. The Morgan fingerprint density at radius 1 is 1.44 bits per heavy atom. The number of thioether (sulfide) groups is 2. The number of fused-ring (bicyclic) bond motifs is 1. The molecule has 0 unspecified atom stereocenters. The van der Waals surface area contributed by atoms with E-state index in [4.69, 9.17) is 5.73 Å². The van der Waals surface area contributed by atoms with Gasteiger partial charge in [-0.05, 0) is 6.07 Å². The molecule has 4 N–H and O–H groups in total. The molecule has 7 nitrogen and oxygen atoms in total. The van der Waals surface area contributed by atoms with E-state index in [2.05, 4.69) is 9.97 Å². The van der Waals surface area contributed by atoms with Gasteiger partial charge in [0.2, 0.25) is 5.91 Å². The number of β-lactam (4-membered cyclic amide) rings is 1. The zero-order valence-electron chi connectivity index (χ0n) is 12.9. The van der Waals surface area contributed by atoms with Gasteiger partial charge in [-0.3, -0.25) is 9.69 Å². The second-order valence-electron chi connectivity index (χ2n) is 5.55. The van der Waals surface area contributed by atoms with Gasteiger partial charge in [-0.1, -0.05) is 30.0 Å². The predicted molar refractivity (Wildman–Crippen MR) is 95.6 cm³/mol. The number of carboxylic acids is 1. The third kappa shape index (κ3) is 2.64. The number of carbonyl (C=O) groups is 2. The molecule has 2 atom stereocenters. The first-order chi connectivity index (χ1) is 12.1. The van der Waals surface area contributed by atoms with Crippen molar-refractivity contribution in [3.63, 3.8) is 0 Å². The molecule has 1 aromatic heterocycles. The zero-order valence-corrected chi connectivity index (χ0v) is 14.5. The Morgan fingerprint density at radius 3 is 2.96 bits per heavy atom.